The van der Waals surface area contributed by atoms with Crippen molar-refractivity contribution in [2.45, 2.75) is 13.0 Å². The number of hydrogen-bond donors (Lipinski definition) is 2. The van der Waals surface area contributed by atoms with Crippen LogP contribution in [-0.2, 0) is 13.0 Å². The lowest BCUT2D eigenvalue weighted by atomic mass is 10.1. The van der Waals surface area contributed by atoms with Gasteiger partial charge < -0.3 is 15.4 Å². The van der Waals surface area contributed by atoms with Crippen molar-refractivity contribution in [3.8, 4) is 5.75 Å². The Morgan fingerprint density at radius 3 is 2.67 bits per heavy atom. The number of guanidine groups is 1. The molecule has 6 heteroatoms. The van der Waals surface area contributed by atoms with Gasteiger partial charge in [0.2, 0.25) is 0 Å². The fraction of sp³-hybridized carbons (Fsp3) is 0.278. The lowest BCUT2D eigenvalue weighted by Gasteiger charge is -2.14. The van der Waals surface area contributed by atoms with Crippen molar-refractivity contribution < 1.29 is 9.13 Å². The van der Waals surface area contributed by atoms with E-state index in [0.29, 0.717) is 30.5 Å². The summed E-state index contributed by atoms with van der Waals surface area (Å²) in [6.07, 6.45) is 0.675. The Hall–Kier alpha value is -2.27. The Kier molecular flexibility index (Phi) is 6.88. The summed E-state index contributed by atoms with van der Waals surface area (Å²) in [5, 5.41) is 6.89. The zero-order chi connectivity index (χ0) is 17.4. The summed E-state index contributed by atoms with van der Waals surface area (Å²) in [7, 11) is 3.36. The largest absolute Gasteiger partial charge is 0.496 e. The maximum Gasteiger partial charge on any atom is 0.191 e. The quantitative estimate of drug-likeness (QED) is 0.620. The van der Waals surface area contributed by atoms with E-state index >= 15 is 0 Å². The molecule has 0 aliphatic rings. The van der Waals surface area contributed by atoms with Gasteiger partial charge in [-0.1, -0.05) is 35.9 Å². The number of nitrogens with one attached hydrogen (secondary N) is 2. The number of methoxy groups -OCH3 is 1. The van der Waals surface area contributed by atoms with Gasteiger partial charge in [0.25, 0.3) is 0 Å². The van der Waals surface area contributed by atoms with Crippen molar-refractivity contribution >= 4 is 17.6 Å². The average molecular weight is 350 g/mol. The van der Waals surface area contributed by atoms with Crippen molar-refractivity contribution in [3.05, 3.63) is 64.4 Å². The van der Waals surface area contributed by atoms with Gasteiger partial charge in [0, 0.05) is 30.7 Å². The lowest BCUT2D eigenvalue weighted by Crippen LogP contribution is -2.37. The molecule has 0 heterocycles. The second kappa shape index (κ2) is 9.13. The third-order valence-electron chi connectivity index (χ3n) is 3.56. The third-order valence-corrected chi connectivity index (χ3v) is 3.92. The first-order valence-corrected chi connectivity index (χ1v) is 8.02. The molecule has 0 unspecified atom stereocenters. The number of aliphatic imine (C=N–C) groups is 1. The average Bonchev–Trinajstić information content (AvgIpc) is 2.59. The number of nitrogens with zero attached hydrogens (tertiary/aromatic N) is 1. The molecule has 0 aliphatic heterocycles. The number of ether oxygens (including phenoxy) is 1. The van der Waals surface area contributed by atoms with Crippen molar-refractivity contribution in [1.29, 1.82) is 0 Å². The van der Waals surface area contributed by atoms with E-state index < -0.39 is 0 Å². The molecule has 0 bridgehead atoms. The third kappa shape index (κ3) is 5.13. The zero-order valence-corrected chi connectivity index (χ0v) is 14.5. The molecule has 0 saturated carbocycles. The highest BCUT2D eigenvalue weighted by Crippen LogP contribution is 2.18. The van der Waals surface area contributed by atoms with Gasteiger partial charge in [0.15, 0.2) is 5.96 Å². The summed E-state index contributed by atoms with van der Waals surface area (Å²) < 4.78 is 18.4. The lowest BCUT2D eigenvalue weighted by molar-refractivity contribution is 0.409. The van der Waals surface area contributed by atoms with Gasteiger partial charge in [-0.25, -0.2) is 4.39 Å². The highest BCUT2D eigenvalue weighted by Gasteiger charge is 2.05. The van der Waals surface area contributed by atoms with Crippen LogP contribution in [0.2, 0.25) is 5.02 Å². The number of rotatable bonds is 6. The smallest absolute Gasteiger partial charge is 0.191 e. The Bertz CT molecular complexity index is 706. The van der Waals surface area contributed by atoms with Crippen LogP contribution in [0.4, 0.5) is 4.39 Å². The Morgan fingerprint density at radius 1 is 1.17 bits per heavy atom. The van der Waals surface area contributed by atoms with E-state index in [-0.39, 0.29) is 5.82 Å². The molecule has 0 amide bonds. The van der Waals surface area contributed by atoms with Crippen LogP contribution in [-0.4, -0.2) is 26.7 Å². The van der Waals surface area contributed by atoms with Crippen LogP contribution in [0.25, 0.3) is 0 Å². The Morgan fingerprint density at radius 2 is 1.96 bits per heavy atom. The van der Waals surface area contributed by atoms with E-state index in [0.717, 1.165) is 16.9 Å². The van der Waals surface area contributed by atoms with Crippen LogP contribution in [0, 0.1) is 5.82 Å². The zero-order valence-electron chi connectivity index (χ0n) is 13.8. The number of para-hydroxylation sites is 1. The summed E-state index contributed by atoms with van der Waals surface area (Å²) in [6, 6.07) is 12.3. The first-order valence-electron chi connectivity index (χ1n) is 7.64. The Labute approximate surface area is 146 Å². The van der Waals surface area contributed by atoms with Crippen LogP contribution in [0.15, 0.2) is 47.5 Å². The summed E-state index contributed by atoms with van der Waals surface area (Å²) in [5.41, 5.74) is 1.94. The molecule has 0 aliphatic carbocycles. The number of halogens is 2. The normalized spacial score (nSPS) is 11.2. The molecule has 128 valence electrons. The topological polar surface area (TPSA) is 45.7 Å². The molecule has 0 saturated heterocycles. The first-order chi connectivity index (χ1) is 11.6. The van der Waals surface area contributed by atoms with Gasteiger partial charge in [0.1, 0.15) is 11.6 Å². The van der Waals surface area contributed by atoms with Crippen LogP contribution in [0.3, 0.4) is 0 Å². The molecular formula is C18H21ClFN3O. The molecule has 2 rings (SSSR count). The van der Waals surface area contributed by atoms with Crippen molar-refractivity contribution in [2.75, 3.05) is 20.7 Å². The van der Waals surface area contributed by atoms with E-state index in [1.165, 1.54) is 12.1 Å². The number of benzene rings is 2. The minimum Gasteiger partial charge on any atom is -0.496 e. The fourth-order valence-electron chi connectivity index (χ4n) is 2.29. The molecule has 24 heavy (non-hydrogen) atoms. The van der Waals surface area contributed by atoms with Crippen LogP contribution in [0.5, 0.6) is 5.75 Å². The van der Waals surface area contributed by atoms with Gasteiger partial charge >= 0.3 is 0 Å². The molecule has 0 spiro atoms. The van der Waals surface area contributed by atoms with Gasteiger partial charge in [0.05, 0.1) is 7.11 Å². The standard InChI is InChI=1S/C18H21ClFN3O/c1-21-18(23-12-14-5-3-4-6-17(14)24-2)22-10-9-13-7-8-15(20)11-16(13)19/h3-8,11H,9-10,12H2,1-2H3,(H2,21,22,23). The van der Waals surface area contributed by atoms with Gasteiger partial charge in [-0.05, 0) is 30.2 Å². The SMILES string of the molecule is CN=C(NCCc1ccc(F)cc1Cl)NCc1ccccc1OC. The second-order valence-corrected chi connectivity index (χ2v) is 5.56. The second-order valence-electron chi connectivity index (χ2n) is 5.15. The predicted octanol–water partition coefficient (Wildman–Crippen LogP) is 3.40. The highest BCUT2D eigenvalue weighted by atomic mass is 35.5. The van der Waals surface area contributed by atoms with Crippen LogP contribution in [0.1, 0.15) is 11.1 Å². The van der Waals surface area contributed by atoms with Crippen LogP contribution < -0.4 is 15.4 Å². The van der Waals surface area contributed by atoms with E-state index in [1.54, 1.807) is 20.2 Å². The van der Waals surface area contributed by atoms with E-state index in [9.17, 15) is 4.39 Å². The van der Waals surface area contributed by atoms with Gasteiger partial charge in [-0.15, -0.1) is 0 Å². The first kappa shape index (κ1) is 18.1. The summed E-state index contributed by atoms with van der Waals surface area (Å²) >= 11 is 6.03. The van der Waals surface area contributed by atoms with E-state index in [2.05, 4.69) is 15.6 Å². The molecule has 0 atom stereocenters. The molecule has 4 nitrogen and oxygen atoms in total. The molecule has 0 fully saturated rings. The maximum atomic E-state index is 13.0. The van der Waals surface area contributed by atoms with E-state index in [4.69, 9.17) is 16.3 Å². The molecule has 0 radical (unpaired) electrons. The van der Waals surface area contributed by atoms with E-state index in [1.807, 2.05) is 24.3 Å². The number of hydrogen-bond acceptors (Lipinski definition) is 2. The molecule has 2 aromatic carbocycles. The van der Waals surface area contributed by atoms with Crippen molar-refractivity contribution in [2.24, 2.45) is 4.99 Å². The van der Waals surface area contributed by atoms with Crippen molar-refractivity contribution in [1.82, 2.24) is 10.6 Å². The summed E-state index contributed by atoms with van der Waals surface area (Å²) in [5.74, 6) is 1.18. The van der Waals surface area contributed by atoms with Gasteiger partial charge in [-0.2, -0.15) is 0 Å². The van der Waals surface area contributed by atoms with Crippen LogP contribution >= 0.6 is 11.6 Å². The summed E-state index contributed by atoms with van der Waals surface area (Å²) in [6.45, 7) is 1.23. The van der Waals surface area contributed by atoms with Gasteiger partial charge in [-0.3, -0.25) is 4.99 Å². The fourth-order valence-corrected chi connectivity index (χ4v) is 2.55. The molecule has 0 aromatic heterocycles. The summed E-state index contributed by atoms with van der Waals surface area (Å²) in [4.78, 5) is 4.19. The molecule has 2 aromatic rings. The molecular weight excluding hydrogens is 329 g/mol. The minimum absolute atomic E-state index is 0.328. The highest BCUT2D eigenvalue weighted by molar-refractivity contribution is 6.31. The van der Waals surface area contributed by atoms with Crippen molar-refractivity contribution in [3.63, 3.8) is 0 Å². The Balaban J connectivity index is 1.84. The predicted molar refractivity (Wildman–Crippen MR) is 96.3 cm³/mol. The monoisotopic (exact) mass is 349 g/mol. The minimum atomic E-state index is -0.328. The maximum absolute atomic E-state index is 13.0. The molecule has 2 N–H and O–H groups in total.